The van der Waals surface area contributed by atoms with E-state index < -0.39 is 0 Å². The molecule has 0 aliphatic heterocycles. The second kappa shape index (κ2) is 15.3. The van der Waals surface area contributed by atoms with Crippen molar-refractivity contribution in [3.05, 3.63) is 243 Å². The van der Waals surface area contributed by atoms with Crippen molar-refractivity contribution in [2.24, 2.45) is 0 Å². The fourth-order valence-electron chi connectivity index (χ4n) is 9.66. The minimum atomic E-state index is 0.881. The molecule has 0 fully saturated rings. The maximum absolute atomic E-state index is 6.71. The number of hydrogen-bond donors (Lipinski definition) is 0. The second-order valence-electron chi connectivity index (χ2n) is 16.0. The summed E-state index contributed by atoms with van der Waals surface area (Å²) in [5, 5.41) is 4.57. The molecular weight excluding hydrogens is 765 g/mol. The van der Waals surface area contributed by atoms with Crippen LogP contribution in [0.1, 0.15) is 0 Å². The standard InChI is InChI=1S/C60H40N2O/c1-3-20-41(21-4-1)45-26-7-8-27-46(45)43-24-17-25-44(40-43)61-55-36-15-11-31-52(55)59-56(61)37-19-38-57(59)62(53-34-13-9-28-47(53)42-22-5-2-6-23-42)54-35-14-10-29-48(54)50-32-18-33-51-49-30-12-16-39-58(49)63-60(50)51/h1-40H. The quantitative estimate of drug-likeness (QED) is 0.153. The van der Waals surface area contributed by atoms with Gasteiger partial charge in [-0.25, -0.2) is 0 Å². The predicted octanol–water partition coefficient (Wildman–Crippen LogP) is 16.8. The monoisotopic (exact) mass is 804 g/mol. The van der Waals surface area contributed by atoms with Gasteiger partial charge in [0.1, 0.15) is 11.2 Å². The Balaban J connectivity index is 1.12. The number of fused-ring (bicyclic) bond motifs is 6. The average molecular weight is 805 g/mol. The maximum Gasteiger partial charge on any atom is 0.143 e. The summed E-state index contributed by atoms with van der Waals surface area (Å²) in [6.45, 7) is 0. The van der Waals surface area contributed by atoms with Crippen LogP contribution in [0.5, 0.6) is 0 Å². The highest BCUT2D eigenvalue weighted by atomic mass is 16.3. The lowest BCUT2D eigenvalue weighted by molar-refractivity contribution is 0.670. The first-order valence-corrected chi connectivity index (χ1v) is 21.5. The van der Waals surface area contributed by atoms with E-state index in [9.17, 15) is 0 Å². The minimum absolute atomic E-state index is 0.881. The molecule has 0 aliphatic rings. The van der Waals surface area contributed by atoms with Crippen LogP contribution in [0.3, 0.4) is 0 Å². The van der Waals surface area contributed by atoms with Gasteiger partial charge in [-0.1, -0.05) is 194 Å². The van der Waals surface area contributed by atoms with Gasteiger partial charge in [0.05, 0.1) is 28.1 Å². The fourth-order valence-corrected chi connectivity index (χ4v) is 9.66. The van der Waals surface area contributed by atoms with E-state index >= 15 is 0 Å². The zero-order chi connectivity index (χ0) is 41.7. The second-order valence-corrected chi connectivity index (χ2v) is 16.0. The summed E-state index contributed by atoms with van der Waals surface area (Å²) in [5.41, 5.74) is 17.6. The smallest absolute Gasteiger partial charge is 0.143 e. The molecule has 10 aromatic carbocycles. The van der Waals surface area contributed by atoms with E-state index in [0.29, 0.717) is 0 Å². The van der Waals surface area contributed by atoms with Gasteiger partial charge < -0.3 is 13.9 Å². The molecule has 0 bridgehead atoms. The minimum Gasteiger partial charge on any atom is -0.455 e. The Morgan fingerprint density at radius 1 is 0.317 bits per heavy atom. The molecule has 296 valence electrons. The lowest BCUT2D eigenvalue weighted by Gasteiger charge is -2.30. The van der Waals surface area contributed by atoms with Gasteiger partial charge in [-0.3, -0.25) is 0 Å². The normalized spacial score (nSPS) is 11.5. The molecule has 0 spiro atoms. The molecule has 3 nitrogen and oxygen atoms in total. The Kier molecular flexibility index (Phi) is 8.83. The molecule has 2 heterocycles. The largest absolute Gasteiger partial charge is 0.455 e. The van der Waals surface area contributed by atoms with Crippen LogP contribution in [0.25, 0.3) is 93.9 Å². The molecule has 0 saturated heterocycles. The van der Waals surface area contributed by atoms with Crippen molar-refractivity contribution in [2.45, 2.75) is 0 Å². The topological polar surface area (TPSA) is 21.3 Å². The van der Waals surface area contributed by atoms with Crippen LogP contribution >= 0.6 is 0 Å². The van der Waals surface area contributed by atoms with Crippen molar-refractivity contribution in [2.75, 3.05) is 4.90 Å². The molecule has 0 amide bonds. The van der Waals surface area contributed by atoms with Crippen molar-refractivity contribution in [3.63, 3.8) is 0 Å². The Hall–Kier alpha value is -8.40. The van der Waals surface area contributed by atoms with E-state index in [1.165, 1.54) is 33.0 Å². The maximum atomic E-state index is 6.71. The van der Waals surface area contributed by atoms with Crippen molar-refractivity contribution in [3.8, 4) is 50.2 Å². The van der Waals surface area contributed by atoms with Gasteiger partial charge in [-0.05, 0) is 76.3 Å². The molecule has 0 saturated carbocycles. The summed E-state index contributed by atoms with van der Waals surface area (Å²) in [5.74, 6) is 0. The Morgan fingerprint density at radius 3 is 1.59 bits per heavy atom. The number of furan rings is 1. The third-order valence-electron chi connectivity index (χ3n) is 12.4. The summed E-state index contributed by atoms with van der Waals surface area (Å²) in [4.78, 5) is 2.48. The molecule has 63 heavy (non-hydrogen) atoms. The molecule has 0 atom stereocenters. The summed E-state index contributed by atoms with van der Waals surface area (Å²) in [6.07, 6.45) is 0. The van der Waals surface area contributed by atoms with Crippen LogP contribution in [-0.4, -0.2) is 4.57 Å². The Morgan fingerprint density at radius 2 is 0.810 bits per heavy atom. The lowest BCUT2D eigenvalue weighted by atomic mass is 9.94. The molecule has 12 aromatic rings. The van der Waals surface area contributed by atoms with Crippen LogP contribution < -0.4 is 4.90 Å². The van der Waals surface area contributed by atoms with E-state index in [2.05, 4.69) is 246 Å². The predicted molar refractivity (Wildman–Crippen MR) is 264 cm³/mol. The highest BCUT2D eigenvalue weighted by Crippen LogP contribution is 2.50. The van der Waals surface area contributed by atoms with Gasteiger partial charge in [-0.2, -0.15) is 0 Å². The van der Waals surface area contributed by atoms with Crippen molar-refractivity contribution >= 4 is 60.8 Å². The first-order chi connectivity index (χ1) is 31.3. The van der Waals surface area contributed by atoms with Crippen LogP contribution in [0.4, 0.5) is 17.1 Å². The molecule has 2 aromatic heterocycles. The third kappa shape index (κ3) is 6.13. The number of rotatable bonds is 8. The van der Waals surface area contributed by atoms with Gasteiger partial charge >= 0.3 is 0 Å². The van der Waals surface area contributed by atoms with E-state index in [1.807, 2.05) is 6.07 Å². The van der Waals surface area contributed by atoms with Gasteiger partial charge in [-0.15, -0.1) is 0 Å². The van der Waals surface area contributed by atoms with Crippen molar-refractivity contribution in [1.29, 1.82) is 0 Å². The molecule has 12 rings (SSSR count). The van der Waals surface area contributed by atoms with Crippen LogP contribution in [0.15, 0.2) is 247 Å². The Bertz CT molecular complexity index is 3640. The summed E-state index contributed by atoms with van der Waals surface area (Å²) in [7, 11) is 0. The van der Waals surface area contributed by atoms with Crippen LogP contribution in [0, 0.1) is 0 Å². The highest BCUT2D eigenvalue weighted by Gasteiger charge is 2.26. The highest BCUT2D eigenvalue weighted by molar-refractivity contribution is 6.18. The molecular formula is C60H40N2O. The van der Waals surface area contributed by atoms with E-state index in [-0.39, 0.29) is 0 Å². The van der Waals surface area contributed by atoms with E-state index in [4.69, 9.17) is 4.42 Å². The van der Waals surface area contributed by atoms with Crippen LogP contribution in [0.2, 0.25) is 0 Å². The number of aromatic nitrogens is 1. The number of anilines is 3. The van der Waals surface area contributed by atoms with Gasteiger partial charge in [0.2, 0.25) is 0 Å². The third-order valence-corrected chi connectivity index (χ3v) is 12.4. The van der Waals surface area contributed by atoms with Gasteiger partial charge in [0, 0.05) is 43.9 Å². The number of benzene rings is 10. The fraction of sp³-hybridized carbons (Fsp3) is 0. The zero-order valence-electron chi connectivity index (χ0n) is 34.4. The van der Waals surface area contributed by atoms with Crippen LogP contribution in [-0.2, 0) is 0 Å². The Labute approximate surface area is 366 Å². The first kappa shape index (κ1) is 36.5. The first-order valence-electron chi connectivity index (χ1n) is 21.5. The summed E-state index contributed by atoms with van der Waals surface area (Å²) in [6, 6.07) is 87.1. The molecule has 0 aliphatic carbocycles. The summed E-state index contributed by atoms with van der Waals surface area (Å²) >= 11 is 0. The number of para-hydroxylation sites is 5. The average Bonchev–Trinajstić information content (AvgIpc) is 3.92. The zero-order valence-corrected chi connectivity index (χ0v) is 34.4. The molecule has 0 N–H and O–H groups in total. The molecule has 0 unspecified atom stereocenters. The van der Waals surface area contributed by atoms with E-state index in [0.717, 1.165) is 78.0 Å². The van der Waals surface area contributed by atoms with Gasteiger partial charge in [0.15, 0.2) is 0 Å². The van der Waals surface area contributed by atoms with Crippen molar-refractivity contribution < 1.29 is 4.42 Å². The van der Waals surface area contributed by atoms with Crippen molar-refractivity contribution in [1.82, 2.24) is 4.57 Å². The lowest BCUT2D eigenvalue weighted by Crippen LogP contribution is -2.13. The molecule has 3 heteroatoms. The van der Waals surface area contributed by atoms with Gasteiger partial charge in [0.25, 0.3) is 0 Å². The molecule has 0 radical (unpaired) electrons. The SMILES string of the molecule is c1ccc(-c2ccccc2-c2cccc(-n3c4ccccc4c4c(N(c5ccccc5-c5ccccc5)c5ccccc5-c5cccc6c5oc5ccccc56)cccc43)c2)cc1. The van der Waals surface area contributed by atoms with E-state index in [1.54, 1.807) is 0 Å². The number of hydrogen-bond acceptors (Lipinski definition) is 2. The summed E-state index contributed by atoms with van der Waals surface area (Å²) < 4.78 is 9.15. The number of nitrogens with zero attached hydrogens (tertiary/aromatic N) is 2.